The van der Waals surface area contributed by atoms with Crippen molar-refractivity contribution in [3.63, 3.8) is 0 Å². The van der Waals surface area contributed by atoms with Crippen LogP contribution in [0, 0.1) is 0 Å². The van der Waals surface area contributed by atoms with Crippen LogP contribution in [0.25, 0.3) is 0 Å². The highest BCUT2D eigenvalue weighted by Gasteiger charge is 2.11. The number of ether oxygens (including phenoxy) is 2. The summed E-state index contributed by atoms with van der Waals surface area (Å²) in [4.78, 5) is 14.0. The molecule has 0 aliphatic heterocycles. The highest BCUT2D eigenvalue weighted by atomic mass is 32.2. The van der Waals surface area contributed by atoms with E-state index in [2.05, 4.69) is 5.32 Å². The number of carbonyl (C=O) groups excluding carboxylic acids is 1. The first-order chi connectivity index (χ1) is 10.5. The molecule has 0 aliphatic carbocycles. The van der Waals surface area contributed by atoms with Crippen LogP contribution in [0.15, 0.2) is 18.2 Å². The van der Waals surface area contributed by atoms with Crippen molar-refractivity contribution in [3.05, 3.63) is 18.2 Å². The van der Waals surface area contributed by atoms with Crippen molar-refractivity contribution in [1.29, 1.82) is 0 Å². The molecule has 0 bridgehead atoms. The van der Waals surface area contributed by atoms with Crippen molar-refractivity contribution in [2.75, 3.05) is 38.4 Å². The molecule has 1 rings (SSSR count). The molecule has 122 valence electrons. The number of anilines is 1. The zero-order chi connectivity index (χ0) is 16.5. The molecule has 0 saturated heterocycles. The Morgan fingerprint density at radius 2 is 1.86 bits per heavy atom. The summed E-state index contributed by atoms with van der Waals surface area (Å²) < 4.78 is 11.1. The number of rotatable bonds is 7. The van der Waals surface area contributed by atoms with Gasteiger partial charge < -0.3 is 19.7 Å². The zero-order valence-corrected chi connectivity index (χ0v) is 15.0. The first kappa shape index (κ1) is 18.6. The Hall–Kier alpha value is -1.47. The number of thiocarbonyl (C=S) groups is 1. The fraction of sp³-hybridized carbons (Fsp3) is 0.467. The average Bonchev–Trinajstić information content (AvgIpc) is 2.53. The molecule has 7 heteroatoms. The first-order valence-corrected chi connectivity index (χ1v) is 8.38. The van der Waals surface area contributed by atoms with Gasteiger partial charge in [0.1, 0.15) is 4.32 Å². The van der Waals surface area contributed by atoms with E-state index in [9.17, 15) is 4.79 Å². The molecular weight excluding hydrogens is 320 g/mol. The van der Waals surface area contributed by atoms with Gasteiger partial charge in [-0.25, -0.2) is 0 Å². The number of benzene rings is 1. The molecule has 0 fully saturated rings. The van der Waals surface area contributed by atoms with Gasteiger partial charge in [0, 0.05) is 24.8 Å². The maximum absolute atomic E-state index is 12.0. The molecule has 1 aromatic rings. The van der Waals surface area contributed by atoms with E-state index in [1.54, 1.807) is 32.4 Å². The van der Waals surface area contributed by atoms with E-state index < -0.39 is 0 Å². The van der Waals surface area contributed by atoms with Crippen LogP contribution < -0.4 is 14.8 Å². The van der Waals surface area contributed by atoms with Crippen molar-refractivity contribution >= 4 is 39.9 Å². The van der Waals surface area contributed by atoms with Crippen LogP contribution in [-0.2, 0) is 4.79 Å². The standard InChI is InChI=1S/C15H22N2O3S2/c1-5-17(6-2)15(21)22-10-14(18)16-11-7-8-12(19-3)13(9-11)20-4/h7-9H,5-6,10H2,1-4H3,(H,16,18). The minimum absolute atomic E-state index is 0.105. The second kappa shape index (κ2) is 9.53. The minimum Gasteiger partial charge on any atom is -0.493 e. The van der Waals surface area contributed by atoms with Gasteiger partial charge in [0.15, 0.2) is 11.5 Å². The predicted octanol–water partition coefficient (Wildman–Crippen LogP) is 3.00. The third-order valence-electron chi connectivity index (χ3n) is 3.02. The van der Waals surface area contributed by atoms with E-state index in [-0.39, 0.29) is 11.7 Å². The number of nitrogens with one attached hydrogen (secondary N) is 1. The van der Waals surface area contributed by atoms with Gasteiger partial charge in [0.05, 0.1) is 20.0 Å². The molecule has 1 N–H and O–H groups in total. The van der Waals surface area contributed by atoms with Gasteiger partial charge in [0.25, 0.3) is 0 Å². The quantitative estimate of drug-likeness (QED) is 0.769. The normalized spacial score (nSPS) is 10.0. The van der Waals surface area contributed by atoms with Crippen molar-refractivity contribution in [3.8, 4) is 11.5 Å². The SMILES string of the molecule is CCN(CC)C(=S)SCC(=O)Nc1ccc(OC)c(OC)c1. The lowest BCUT2D eigenvalue weighted by Crippen LogP contribution is -2.28. The monoisotopic (exact) mass is 342 g/mol. The van der Waals surface area contributed by atoms with E-state index in [1.165, 1.54) is 11.8 Å². The molecular formula is C15H22N2O3S2. The van der Waals surface area contributed by atoms with Crippen molar-refractivity contribution in [1.82, 2.24) is 4.90 Å². The molecule has 1 aromatic carbocycles. The lowest BCUT2D eigenvalue weighted by Gasteiger charge is -2.20. The van der Waals surface area contributed by atoms with E-state index in [0.29, 0.717) is 17.2 Å². The van der Waals surface area contributed by atoms with Crippen LogP contribution in [-0.4, -0.2) is 48.2 Å². The maximum atomic E-state index is 12.0. The molecule has 0 aromatic heterocycles. The van der Waals surface area contributed by atoms with E-state index >= 15 is 0 Å². The number of hydrogen-bond acceptors (Lipinski definition) is 5. The van der Waals surface area contributed by atoms with Gasteiger partial charge in [-0.05, 0) is 26.0 Å². The highest BCUT2D eigenvalue weighted by molar-refractivity contribution is 8.23. The number of carbonyl (C=O) groups is 1. The number of methoxy groups -OCH3 is 2. The van der Waals surface area contributed by atoms with Crippen LogP contribution in [0.1, 0.15) is 13.8 Å². The third kappa shape index (κ3) is 5.38. The summed E-state index contributed by atoms with van der Waals surface area (Å²) in [5.41, 5.74) is 0.664. The molecule has 0 heterocycles. The summed E-state index contributed by atoms with van der Waals surface area (Å²) in [6.45, 7) is 5.78. The van der Waals surface area contributed by atoms with Gasteiger partial charge >= 0.3 is 0 Å². The number of hydrogen-bond donors (Lipinski definition) is 1. The highest BCUT2D eigenvalue weighted by Crippen LogP contribution is 2.29. The number of thioether (sulfide) groups is 1. The Kier molecular flexibility index (Phi) is 8.05. The number of amides is 1. The lowest BCUT2D eigenvalue weighted by molar-refractivity contribution is -0.113. The second-order valence-electron chi connectivity index (χ2n) is 4.34. The van der Waals surface area contributed by atoms with Crippen LogP contribution in [0.4, 0.5) is 5.69 Å². The summed E-state index contributed by atoms with van der Waals surface area (Å²) in [5, 5.41) is 2.82. The molecule has 22 heavy (non-hydrogen) atoms. The molecule has 0 unspecified atom stereocenters. The van der Waals surface area contributed by atoms with Crippen molar-refractivity contribution in [2.24, 2.45) is 0 Å². The van der Waals surface area contributed by atoms with Crippen LogP contribution in [0.3, 0.4) is 0 Å². The summed E-state index contributed by atoms with van der Waals surface area (Å²) >= 11 is 6.67. The second-order valence-corrected chi connectivity index (χ2v) is 5.95. The van der Waals surface area contributed by atoms with Crippen LogP contribution >= 0.6 is 24.0 Å². The summed E-state index contributed by atoms with van der Waals surface area (Å²) in [5.74, 6) is 1.37. The Morgan fingerprint density at radius 1 is 1.23 bits per heavy atom. The van der Waals surface area contributed by atoms with Gasteiger partial charge in [-0.2, -0.15) is 0 Å². The van der Waals surface area contributed by atoms with Gasteiger partial charge in [0.2, 0.25) is 5.91 Å². The summed E-state index contributed by atoms with van der Waals surface area (Å²) in [7, 11) is 3.13. The fourth-order valence-electron chi connectivity index (χ4n) is 1.81. The van der Waals surface area contributed by atoms with E-state index in [4.69, 9.17) is 21.7 Å². The molecule has 0 saturated carbocycles. The molecule has 0 atom stereocenters. The predicted molar refractivity (Wildman–Crippen MR) is 96.2 cm³/mol. The van der Waals surface area contributed by atoms with Gasteiger partial charge in [-0.1, -0.05) is 24.0 Å². The topological polar surface area (TPSA) is 50.8 Å². The maximum Gasteiger partial charge on any atom is 0.234 e. The Morgan fingerprint density at radius 3 is 2.41 bits per heavy atom. The van der Waals surface area contributed by atoms with Crippen LogP contribution in [0.5, 0.6) is 11.5 Å². The Balaban J connectivity index is 2.57. The minimum atomic E-state index is -0.105. The van der Waals surface area contributed by atoms with E-state index in [0.717, 1.165) is 17.4 Å². The first-order valence-electron chi connectivity index (χ1n) is 6.99. The Labute approximate surface area is 141 Å². The van der Waals surface area contributed by atoms with Crippen LogP contribution in [0.2, 0.25) is 0 Å². The Bertz CT molecular complexity index is 520. The average molecular weight is 342 g/mol. The van der Waals surface area contributed by atoms with Crippen molar-refractivity contribution in [2.45, 2.75) is 13.8 Å². The third-order valence-corrected chi connectivity index (χ3v) is 4.54. The van der Waals surface area contributed by atoms with Crippen molar-refractivity contribution < 1.29 is 14.3 Å². The lowest BCUT2D eigenvalue weighted by atomic mass is 10.2. The number of nitrogens with zero attached hydrogens (tertiary/aromatic N) is 1. The molecule has 0 aliphatic rings. The zero-order valence-electron chi connectivity index (χ0n) is 13.3. The fourth-order valence-corrected chi connectivity index (χ4v) is 3.01. The molecule has 5 nitrogen and oxygen atoms in total. The largest absolute Gasteiger partial charge is 0.493 e. The molecule has 0 radical (unpaired) electrons. The smallest absolute Gasteiger partial charge is 0.234 e. The van der Waals surface area contributed by atoms with Gasteiger partial charge in [-0.3, -0.25) is 4.79 Å². The summed E-state index contributed by atoms with van der Waals surface area (Å²) in [6.07, 6.45) is 0. The summed E-state index contributed by atoms with van der Waals surface area (Å²) in [6, 6.07) is 5.25. The molecule has 0 spiro atoms. The molecule has 1 amide bonds. The van der Waals surface area contributed by atoms with E-state index in [1.807, 2.05) is 18.7 Å². The van der Waals surface area contributed by atoms with Gasteiger partial charge in [-0.15, -0.1) is 0 Å².